The van der Waals surface area contributed by atoms with Gasteiger partial charge in [0, 0.05) is 0 Å². The van der Waals surface area contributed by atoms with Crippen LogP contribution >= 0.6 is 11.6 Å². The molecule has 0 aromatic heterocycles. The molecule has 0 rings (SSSR count). The molecule has 0 heterocycles. The van der Waals surface area contributed by atoms with Gasteiger partial charge in [0.25, 0.3) is 0 Å². The third-order valence-electron chi connectivity index (χ3n) is 1.62. The van der Waals surface area contributed by atoms with Gasteiger partial charge in [0.2, 0.25) is 5.24 Å². The Morgan fingerprint density at radius 2 is 1.85 bits per heavy atom. The molecule has 0 radical (unpaired) electrons. The monoisotopic (exact) mass is 206 g/mol. The number of carbonyl (C=O) groups is 2. The van der Waals surface area contributed by atoms with Crippen molar-refractivity contribution in [3.8, 4) is 0 Å². The average molecular weight is 207 g/mol. The molecule has 3 nitrogen and oxygen atoms in total. The minimum atomic E-state index is -0.880. The Balaban J connectivity index is 4.63. The summed E-state index contributed by atoms with van der Waals surface area (Å²) in [5.41, 5.74) is -0.495. The molecule has 0 N–H and O–H groups in total. The summed E-state index contributed by atoms with van der Waals surface area (Å²) in [4.78, 5) is 22.3. The SMILES string of the molecule is CCOC(=O)C(C(=O)Cl)C(C)(C)C. The van der Waals surface area contributed by atoms with E-state index in [1.54, 1.807) is 27.7 Å². The van der Waals surface area contributed by atoms with Crippen LogP contribution in [-0.4, -0.2) is 17.8 Å². The standard InChI is InChI=1S/C9H15ClO3/c1-5-13-8(12)6(7(10)11)9(2,3)4/h6H,5H2,1-4H3. The number of esters is 1. The zero-order valence-corrected chi connectivity index (χ0v) is 9.14. The molecule has 0 fully saturated rings. The van der Waals surface area contributed by atoms with E-state index in [9.17, 15) is 9.59 Å². The van der Waals surface area contributed by atoms with Gasteiger partial charge < -0.3 is 4.74 Å². The van der Waals surface area contributed by atoms with Gasteiger partial charge in [-0.2, -0.15) is 0 Å². The number of hydrogen-bond acceptors (Lipinski definition) is 3. The van der Waals surface area contributed by atoms with Crippen LogP contribution in [0.25, 0.3) is 0 Å². The zero-order chi connectivity index (χ0) is 10.6. The Labute approximate surface area is 83.4 Å². The number of halogens is 1. The fourth-order valence-corrected chi connectivity index (χ4v) is 1.43. The van der Waals surface area contributed by atoms with Crippen molar-refractivity contribution in [1.29, 1.82) is 0 Å². The molecule has 0 aromatic rings. The zero-order valence-electron chi connectivity index (χ0n) is 8.39. The van der Waals surface area contributed by atoms with E-state index in [1.807, 2.05) is 0 Å². The molecule has 0 aliphatic heterocycles. The van der Waals surface area contributed by atoms with Crippen LogP contribution < -0.4 is 0 Å². The highest BCUT2D eigenvalue weighted by atomic mass is 35.5. The van der Waals surface area contributed by atoms with Gasteiger partial charge in [-0.1, -0.05) is 20.8 Å². The molecule has 1 unspecified atom stereocenters. The van der Waals surface area contributed by atoms with Crippen molar-refractivity contribution in [3.63, 3.8) is 0 Å². The fourth-order valence-electron chi connectivity index (χ4n) is 1.01. The summed E-state index contributed by atoms with van der Waals surface area (Å²) in [5.74, 6) is -1.43. The Bertz CT molecular complexity index is 205. The lowest BCUT2D eigenvalue weighted by atomic mass is 9.81. The van der Waals surface area contributed by atoms with Crippen LogP contribution in [0, 0.1) is 11.3 Å². The average Bonchev–Trinajstić information content (AvgIpc) is 1.82. The molecule has 76 valence electrons. The van der Waals surface area contributed by atoms with Crippen LogP contribution in [-0.2, 0) is 14.3 Å². The summed E-state index contributed by atoms with van der Waals surface area (Å²) in [6.07, 6.45) is 0. The largest absolute Gasteiger partial charge is 0.465 e. The molecule has 1 atom stereocenters. The molecular formula is C9H15ClO3. The van der Waals surface area contributed by atoms with Gasteiger partial charge in [0.15, 0.2) is 0 Å². The lowest BCUT2D eigenvalue weighted by molar-refractivity contribution is -0.154. The number of hydrogen-bond donors (Lipinski definition) is 0. The second kappa shape index (κ2) is 4.61. The quantitative estimate of drug-likeness (QED) is 0.403. The van der Waals surface area contributed by atoms with Crippen molar-refractivity contribution in [2.45, 2.75) is 27.7 Å². The normalized spacial score (nSPS) is 13.6. The topological polar surface area (TPSA) is 43.4 Å². The lowest BCUT2D eigenvalue weighted by Gasteiger charge is -2.25. The minimum Gasteiger partial charge on any atom is -0.465 e. The van der Waals surface area contributed by atoms with Crippen LogP contribution in [0.15, 0.2) is 0 Å². The van der Waals surface area contributed by atoms with Crippen molar-refractivity contribution in [1.82, 2.24) is 0 Å². The van der Waals surface area contributed by atoms with Gasteiger partial charge >= 0.3 is 5.97 Å². The highest BCUT2D eigenvalue weighted by Gasteiger charge is 2.37. The summed E-state index contributed by atoms with van der Waals surface area (Å²) in [6.45, 7) is 7.27. The molecule has 0 bridgehead atoms. The predicted molar refractivity (Wildman–Crippen MR) is 50.4 cm³/mol. The van der Waals surface area contributed by atoms with Crippen molar-refractivity contribution in [3.05, 3.63) is 0 Å². The molecule has 0 saturated carbocycles. The first-order valence-electron chi connectivity index (χ1n) is 4.16. The summed E-state index contributed by atoms with van der Waals surface area (Å²) in [6, 6.07) is 0. The number of rotatable bonds is 3. The molecule has 0 aliphatic rings. The Hall–Kier alpha value is -0.570. The Morgan fingerprint density at radius 3 is 2.08 bits per heavy atom. The highest BCUT2D eigenvalue weighted by Crippen LogP contribution is 2.28. The van der Waals surface area contributed by atoms with E-state index in [4.69, 9.17) is 16.3 Å². The molecule has 4 heteroatoms. The number of carbonyl (C=O) groups excluding carboxylic acids is 2. The van der Waals surface area contributed by atoms with E-state index < -0.39 is 22.5 Å². The highest BCUT2D eigenvalue weighted by molar-refractivity contribution is 6.65. The fraction of sp³-hybridized carbons (Fsp3) is 0.778. The first-order chi connectivity index (χ1) is 5.80. The van der Waals surface area contributed by atoms with E-state index in [2.05, 4.69) is 0 Å². The van der Waals surface area contributed by atoms with Gasteiger partial charge in [0.05, 0.1) is 6.61 Å². The second-order valence-electron chi connectivity index (χ2n) is 3.86. The smallest absolute Gasteiger partial charge is 0.318 e. The van der Waals surface area contributed by atoms with E-state index in [0.717, 1.165) is 0 Å². The van der Waals surface area contributed by atoms with E-state index in [-0.39, 0.29) is 6.61 Å². The van der Waals surface area contributed by atoms with E-state index in [0.29, 0.717) is 0 Å². The van der Waals surface area contributed by atoms with Crippen LogP contribution in [0.2, 0.25) is 0 Å². The number of ether oxygens (including phenoxy) is 1. The Kier molecular flexibility index (Phi) is 4.40. The molecule has 13 heavy (non-hydrogen) atoms. The van der Waals surface area contributed by atoms with Crippen molar-refractivity contribution < 1.29 is 14.3 Å². The maximum absolute atomic E-state index is 11.3. The molecular weight excluding hydrogens is 192 g/mol. The summed E-state index contributed by atoms with van der Waals surface area (Å²) in [7, 11) is 0. The molecule has 0 aliphatic carbocycles. The van der Waals surface area contributed by atoms with Gasteiger partial charge in [0.1, 0.15) is 5.92 Å². The maximum atomic E-state index is 11.3. The molecule has 0 amide bonds. The van der Waals surface area contributed by atoms with E-state index in [1.165, 1.54) is 0 Å². The molecule has 0 saturated heterocycles. The van der Waals surface area contributed by atoms with Gasteiger partial charge in [-0.15, -0.1) is 0 Å². The third kappa shape index (κ3) is 3.77. The minimum absolute atomic E-state index is 0.260. The Morgan fingerprint density at radius 1 is 1.38 bits per heavy atom. The van der Waals surface area contributed by atoms with Crippen LogP contribution in [0.1, 0.15) is 27.7 Å². The molecule has 0 spiro atoms. The van der Waals surface area contributed by atoms with Crippen molar-refractivity contribution in [2.24, 2.45) is 11.3 Å². The van der Waals surface area contributed by atoms with Crippen LogP contribution in [0.4, 0.5) is 0 Å². The van der Waals surface area contributed by atoms with Gasteiger partial charge in [-0.25, -0.2) is 0 Å². The summed E-state index contributed by atoms with van der Waals surface area (Å²) >= 11 is 5.32. The predicted octanol–water partition coefficient (Wildman–Crippen LogP) is 1.98. The van der Waals surface area contributed by atoms with Gasteiger partial charge in [-0.05, 0) is 23.9 Å². The van der Waals surface area contributed by atoms with Crippen LogP contribution in [0.3, 0.4) is 0 Å². The first kappa shape index (κ1) is 12.4. The first-order valence-corrected chi connectivity index (χ1v) is 4.54. The molecule has 0 aromatic carbocycles. The summed E-state index contributed by atoms with van der Waals surface area (Å²) < 4.78 is 4.75. The maximum Gasteiger partial charge on any atom is 0.318 e. The van der Waals surface area contributed by atoms with Crippen molar-refractivity contribution >= 4 is 22.8 Å². The second-order valence-corrected chi connectivity index (χ2v) is 4.23. The van der Waals surface area contributed by atoms with E-state index >= 15 is 0 Å². The van der Waals surface area contributed by atoms with Gasteiger partial charge in [-0.3, -0.25) is 9.59 Å². The van der Waals surface area contributed by atoms with Crippen molar-refractivity contribution in [2.75, 3.05) is 6.61 Å². The van der Waals surface area contributed by atoms with Crippen LogP contribution in [0.5, 0.6) is 0 Å². The summed E-state index contributed by atoms with van der Waals surface area (Å²) in [5, 5.41) is -0.661. The lowest BCUT2D eigenvalue weighted by Crippen LogP contribution is -2.34. The third-order valence-corrected chi connectivity index (χ3v) is 1.83.